The zero-order valence-electron chi connectivity index (χ0n) is 20.1. The summed E-state index contributed by atoms with van der Waals surface area (Å²) in [7, 11) is -9.52. The summed E-state index contributed by atoms with van der Waals surface area (Å²) in [4.78, 5) is 50.0. The molecular weight excluding hydrogens is 528 g/mol. The zero-order valence-corrected chi connectivity index (χ0v) is 21.8. The number of aromatic nitrogens is 2. The summed E-state index contributed by atoms with van der Waals surface area (Å²) in [5.41, 5.74) is 2.01. The topological polar surface area (TPSA) is 238 Å². The quantitative estimate of drug-likeness (QED) is 0.269. The second kappa shape index (κ2) is 10.8. The largest absolute Gasteiger partial charge is 0.756 e. The van der Waals surface area contributed by atoms with Crippen molar-refractivity contribution in [3.05, 3.63) is 32.6 Å². The molecule has 1 aromatic heterocycles. The first-order valence-electron chi connectivity index (χ1n) is 10.9. The van der Waals surface area contributed by atoms with Crippen LogP contribution in [0, 0.1) is 6.92 Å². The first-order valence-corrected chi connectivity index (χ1v) is 13.8. The first kappa shape index (κ1) is 29.3. The summed E-state index contributed by atoms with van der Waals surface area (Å²) >= 11 is 0. The van der Waals surface area contributed by atoms with Gasteiger partial charge in [0.2, 0.25) is 0 Å². The Kier molecular flexibility index (Phi) is 8.83. The van der Waals surface area contributed by atoms with Crippen LogP contribution < -0.4 is 26.8 Å². The molecule has 36 heavy (non-hydrogen) atoms. The van der Waals surface area contributed by atoms with Crippen LogP contribution in [0.25, 0.3) is 0 Å². The van der Waals surface area contributed by atoms with E-state index in [0.717, 1.165) is 4.57 Å². The first-order chi connectivity index (χ1) is 16.5. The SMILES string of the molecule is CO[C@H]1[C@H](C)O[C@H](OP(=O)([O-])OP(=O)([O-])OC[C@H]2O[C@@H](n3cc(C)c(=O)[nH]c3=O)C[C@@H]2O)C[C@]1(C)[NH3+]. The van der Waals surface area contributed by atoms with Gasteiger partial charge in [0.05, 0.1) is 25.2 Å². The number of quaternary nitrogens is 1. The van der Waals surface area contributed by atoms with Crippen molar-refractivity contribution in [2.24, 2.45) is 0 Å². The van der Waals surface area contributed by atoms with Gasteiger partial charge in [-0.15, -0.1) is 0 Å². The van der Waals surface area contributed by atoms with Crippen LogP contribution in [-0.4, -0.2) is 64.6 Å². The van der Waals surface area contributed by atoms with Crippen LogP contribution in [0.5, 0.6) is 0 Å². The number of aliphatic hydroxyl groups excluding tert-OH is 1. The molecule has 0 bridgehead atoms. The third-order valence-corrected chi connectivity index (χ3v) is 8.43. The second-order valence-electron chi connectivity index (χ2n) is 9.07. The number of H-pyrrole nitrogens is 1. The van der Waals surface area contributed by atoms with E-state index in [-0.39, 0.29) is 18.4 Å². The molecule has 2 aliphatic heterocycles. The normalized spacial score (nSPS) is 36.3. The standard InChI is InChI=1S/C18H31N3O13P2/c1-9-7-21(17(24)20-16(9)23)13-5-11(22)12(32-13)8-30-35(25,26)34-36(27,28)33-14-6-18(3,19)15(29-4)10(2)31-14/h7,10-15,22H,5-6,8,19H2,1-4H3,(H,25,26)(H,27,28)(H,20,23,24)/p-1/t10-,11-,12+,13+,14+,15-,18-/m0/s1. The molecular formula is C18H30N3O13P2-. The summed E-state index contributed by atoms with van der Waals surface area (Å²) in [5.74, 6) is 0. The van der Waals surface area contributed by atoms with Gasteiger partial charge in [-0.25, -0.2) is 9.11 Å². The number of methoxy groups -OCH3 is 1. The number of aromatic amines is 1. The van der Waals surface area contributed by atoms with Gasteiger partial charge in [-0.2, -0.15) is 0 Å². The Morgan fingerprint density at radius 2 is 1.97 bits per heavy atom. The molecule has 2 aliphatic rings. The van der Waals surface area contributed by atoms with E-state index in [9.17, 15) is 33.6 Å². The highest BCUT2D eigenvalue weighted by Gasteiger charge is 2.48. The van der Waals surface area contributed by atoms with Gasteiger partial charge in [0, 0.05) is 25.3 Å². The minimum Gasteiger partial charge on any atom is -0.756 e. The van der Waals surface area contributed by atoms with E-state index < -0.39 is 76.0 Å². The Morgan fingerprint density at radius 3 is 2.58 bits per heavy atom. The average Bonchev–Trinajstić information content (AvgIpc) is 3.07. The molecule has 0 spiro atoms. The predicted octanol–water partition coefficient (Wildman–Crippen LogP) is -2.37. The van der Waals surface area contributed by atoms with E-state index >= 15 is 0 Å². The van der Waals surface area contributed by atoms with Crippen LogP contribution in [0.15, 0.2) is 15.8 Å². The summed E-state index contributed by atoms with van der Waals surface area (Å²) in [6, 6.07) is 0. The van der Waals surface area contributed by atoms with Crippen molar-refractivity contribution >= 4 is 15.6 Å². The molecule has 16 nitrogen and oxygen atoms in total. The van der Waals surface area contributed by atoms with Crippen molar-refractivity contribution in [3.8, 4) is 0 Å². The Labute approximate surface area is 205 Å². The monoisotopic (exact) mass is 558 g/mol. The molecule has 0 amide bonds. The van der Waals surface area contributed by atoms with Gasteiger partial charge in [-0.05, 0) is 20.8 Å². The van der Waals surface area contributed by atoms with Gasteiger partial charge in [-0.3, -0.25) is 28.0 Å². The van der Waals surface area contributed by atoms with Crippen molar-refractivity contribution in [1.29, 1.82) is 0 Å². The minimum atomic E-state index is -5.50. The third kappa shape index (κ3) is 6.98. The molecule has 3 heterocycles. The highest BCUT2D eigenvalue weighted by atomic mass is 31.3. The van der Waals surface area contributed by atoms with Crippen LogP contribution in [-0.2, 0) is 36.7 Å². The van der Waals surface area contributed by atoms with E-state index in [1.165, 1.54) is 20.2 Å². The van der Waals surface area contributed by atoms with Crippen LogP contribution >= 0.6 is 15.6 Å². The van der Waals surface area contributed by atoms with Crippen molar-refractivity contribution < 1.29 is 57.3 Å². The molecule has 2 saturated heterocycles. The molecule has 5 N–H and O–H groups in total. The lowest BCUT2D eigenvalue weighted by Crippen LogP contribution is -2.81. The number of hydrogen-bond donors (Lipinski definition) is 3. The molecule has 0 saturated carbocycles. The fraction of sp³-hybridized carbons (Fsp3) is 0.778. The predicted molar refractivity (Wildman–Crippen MR) is 115 cm³/mol. The lowest BCUT2D eigenvalue weighted by atomic mass is 9.86. The Bertz CT molecular complexity index is 1150. The highest BCUT2D eigenvalue weighted by molar-refractivity contribution is 7.59. The molecule has 0 aliphatic carbocycles. The number of aliphatic hydroxyl groups is 1. The maximum absolute atomic E-state index is 12.2. The van der Waals surface area contributed by atoms with Gasteiger partial charge in [0.15, 0.2) is 6.29 Å². The molecule has 1 aromatic rings. The van der Waals surface area contributed by atoms with Crippen LogP contribution in [0.1, 0.15) is 38.5 Å². The van der Waals surface area contributed by atoms with Crippen LogP contribution in [0.4, 0.5) is 0 Å². The Balaban J connectivity index is 1.58. The lowest BCUT2D eigenvalue weighted by molar-refractivity contribution is -0.515. The van der Waals surface area contributed by atoms with Crippen molar-refractivity contribution in [3.63, 3.8) is 0 Å². The molecule has 18 heteroatoms. The van der Waals surface area contributed by atoms with Crippen LogP contribution in [0.2, 0.25) is 0 Å². The van der Waals surface area contributed by atoms with Crippen molar-refractivity contribution in [2.75, 3.05) is 13.7 Å². The van der Waals surface area contributed by atoms with Crippen molar-refractivity contribution in [2.45, 2.75) is 76.1 Å². The molecule has 9 atom stereocenters. The molecule has 0 aromatic carbocycles. The van der Waals surface area contributed by atoms with Gasteiger partial charge in [-0.1, -0.05) is 0 Å². The summed E-state index contributed by atoms with van der Waals surface area (Å²) in [5, 5.41) is 10.2. The second-order valence-corrected chi connectivity index (χ2v) is 12.0. The smallest absolute Gasteiger partial charge is 0.330 e. The number of ether oxygens (including phenoxy) is 3. The average molecular weight is 558 g/mol. The van der Waals surface area contributed by atoms with Gasteiger partial charge >= 0.3 is 5.69 Å². The molecule has 2 fully saturated rings. The molecule has 206 valence electrons. The maximum Gasteiger partial charge on any atom is 0.330 e. The number of phosphoric acid groups is 2. The number of nitrogens with one attached hydrogen (secondary N) is 1. The lowest BCUT2D eigenvalue weighted by Gasteiger charge is -2.43. The molecule has 2 unspecified atom stereocenters. The van der Waals surface area contributed by atoms with Gasteiger partial charge in [0.1, 0.15) is 24.0 Å². The van der Waals surface area contributed by atoms with E-state index in [0.29, 0.717) is 0 Å². The maximum atomic E-state index is 12.2. The van der Waals surface area contributed by atoms with E-state index in [1.807, 2.05) is 0 Å². The fourth-order valence-electron chi connectivity index (χ4n) is 4.27. The summed E-state index contributed by atoms with van der Waals surface area (Å²) in [6.45, 7) is 3.96. The number of aryl methyl sites for hydroxylation is 1. The van der Waals surface area contributed by atoms with E-state index in [2.05, 4.69) is 19.6 Å². The Morgan fingerprint density at radius 1 is 1.31 bits per heavy atom. The fourth-order valence-corrected chi connectivity index (χ4v) is 6.33. The summed E-state index contributed by atoms with van der Waals surface area (Å²) in [6.07, 6.45) is -4.95. The summed E-state index contributed by atoms with van der Waals surface area (Å²) < 4.78 is 55.1. The highest BCUT2D eigenvalue weighted by Crippen LogP contribution is 2.57. The van der Waals surface area contributed by atoms with Crippen molar-refractivity contribution in [1.82, 2.24) is 9.55 Å². The minimum absolute atomic E-state index is 0.0391. The van der Waals surface area contributed by atoms with Gasteiger partial charge < -0.3 is 39.4 Å². The zero-order chi connectivity index (χ0) is 27.1. The van der Waals surface area contributed by atoms with Crippen LogP contribution in [0.3, 0.4) is 0 Å². The molecule has 3 rings (SSSR count). The Hall–Kier alpha value is -1.26. The van der Waals surface area contributed by atoms with Gasteiger partial charge in [0.25, 0.3) is 21.2 Å². The number of rotatable bonds is 9. The van der Waals surface area contributed by atoms with E-state index in [4.69, 9.17) is 18.7 Å². The third-order valence-electron chi connectivity index (χ3n) is 5.87. The number of phosphoric ester groups is 2. The number of hydrogen-bond acceptors (Lipinski definition) is 13. The van der Waals surface area contributed by atoms with E-state index in [1.54, 1.807) is 13.8 Å². The number of nitrogens with zero attached hydrogens (tertiary/aromatic N) is 1. The molecule has 0 radical (unpaired) electrons.